The fourth-order valence-corrected chi connectivity index (χ4v) is 9.93. The van der Waals surface area contributed by atoms with Gasteiger partial charge < -0.3 is 4.74 Å². The third kappa shape index (κ3) is 5.07. The number of aromatic nitrogens is 3. The molecule has 300 valence electrons. The van der Waals surface area contributed by atoms with Gasteiger partial charge in [0.25, 0.3) is 0 Å². The van der Waals surface area contributed by atoms with Crippen molar-refractivity contribution in [3.63, 3.8) is 0 Å². The van der Waals surface area contributed by atoms with E-state index in [2.05, 4.69) is 149 Å². The Labute approximate surface area is 375 Å². The SMILES string of the molecule is [2H]c1c([2H])c([2H])c(-c2c([2H])c([2H])[n+]3c(c2[2H])-c2cc(C(C)(C)C)cc4c2C32Oc3ccccc3-c3n(-c5cc(-c6ccccc6)c(C)cc5-c5ccc(C(C)(C)C)cc5)c5cccc-4c5[n+]32)c([2H])c1[2H]. The first-order valence-electron chi connectivity index (χ1n) is 25.3. The van der Waals surface area contributed by atoms with Crippen LogP contribution in [0.5, 0.6) is 5.75 Å². The lowest BCUT2D eigenvalue weighted by Crippen LogP contribution is -2.78. The maximum atomic E-state index is 10.2. The lowest BCUT2D eigenvalue weighted by molar-refractivity contribution is -0.997. The Hall–Kier alpha value is -7.04. The summed E-state index contributed by atoms with van der Waals surface area (Å²) in [5, 5.41) is 0. The van der Waals surface area contributed by atoms with Crippen molar-refractivity contribution in [2.45, 2.75) is 65.1 Å². The van der Waals surface area contributed by atoms with Crippen LogP contribution in [0.25, 0.3) is 83.9 Å². The minimum absolute atomic E-state index is 0.0512. The molecule has 1 unspecified atom stereocenters. The van der Waals surface area contributed by atoms with Gasteiger partial charge in [0.05, 0.1) is 15.2 Å². The highest BCUT2D eigenvalue weighted by Gasteiger charge is 2.68. The molecule has 3 aliphatic rings. The minimum atomic E-state index is -1.71. The van der Waals surface area contributed by atoms with E-state index in [4.69, 9.17) is 11.6 Å². The molecule has 12 rings (SSSR count). The molecule has 0 amide bonds. The number of ether oxygens (including phenoxy) is 1. The lowest BCUT2D eigenvalue weighted by atomic mass is 9.80. The molecule has 0 fully saturated rings. The van der Waals surface area contributed by atoms with Gasteiger partial charge in [0.2, 0.25) is 5.69 Å². The van der Waals surface area contributed by atoms with Gasteiger partial charge in [-0.15, -0.1) is 9.13 Å². The van der Waals surface area contributed by atoms with Crippen LogP contribution in [0.4, 0.5) is 0 Å². The van der Waals surface area contributed by atoms with E-state index in [1.807, 2.05) is 30.3 Å². The number of aryl methyl sites for hydroxylation is 1. The molecule has 0 saturated carbocycles. The topological polar surface area (TPSA) is 21.9 Å². The first kappa shape index (κ1) is 29.3. The number of nitrogens with zero attached hydrogens (tertiary/aromatic N) is 3. The summed E-state index contributed by atoms with van der Waals surface area (Å²) in [5.74, 6) is -0.407. The Kier molecular flexibility index (Phi) is 6.02. The lowest BCUT2D eigenvalue weighted by Gasteiger charge is -2.33. The van der Waals surface area contributed by atoms with Crippen molar-refractivity contribution in [3.8, 4) is 78.6 Å². The van der Waals surface area contributed by atoms with Crippen molar-refractivity contribution in [3.05, 3.63) is 192 Å². The third-order valence-corrected chi connectivity index (χ3v) is 13.0. The molecule has 4 nitrogen and oxygen atoms in total. The third-order valence-electron chi connectivity index (χ3n) is 13.0. The van der Waals surface area contributed by atoms with Gasteiger partial charge in [0.1, 0.15) is 23.9 Å². The average molecular weight is 812 g/mol. The van der Waals surface area contributed by atoms with Gasteiger partial charge in [0.15, 0.2) is 17.2 Å². The monoisotopic (exact) mass is 811 g/mol. The van der Waals surface area contributed by atoms with E-state index in [9.17, 15) is 4.11 Å². The van der Waals surface area contributed by atoms with Crippen LogP contribution in [0.1, 0.15) is 74.8 Å². The molecule has 3 aliphatic heterocycles. The summed E-state index contributed by atoms with van der Waals surface area (Å²) >= 11 is 0. The smallest absolute Gasteiger partial charge is 0.392 e. The highest BCUT2D eigenvalue weighted by molar-refractivity contribution is 5.99. The van der Waals surface area contributed by atoms with Crippen LogP contribution in [0.3, 0.4) is 0 Å². The van der Waals surface area contributed by atoms with E-state index in [-0.39, 0.29) is 34.5 Å². The summed E-state index contributed by atoms with van der Waals surface area (Å²) in [4.78, 5) is 0. The average Bonchev–Trinajstić information content (AvgIpc) is 3.84. The highest BCUT2D eigenvalue weighted by atomic mass is 16.5. The van der Waals surface area contributed by atoms with Gasteiger partial charge >= 0.3 is 11.7 Å². The molecule has 62 heavy (non-hydrogen) atoms. The second-order valence-electron chi connectivity index (χ2n) is 18.9. The fraction of sp³-hybridized carbons (Fsp3) is 0.172. The quantitative estimate of drug-likeness (QED) is 0.162. The van der Waals surface area contributed by atoms with Crippen molar-refractivity contribution in [2.75, 3.05) is 0 Å². The van der Waals surface area contributed by atoms with E-state index in [0.717, 1.165) is 72.6 Å². The molecular weight excluding hydrogens is 755 g/mol. The second kappa shape index (κ2) is 12.7. The molecule has 2 aromatic heterocycles. The molecule has 0 radical (unpaired) electrons. The van der Waals surface area contributed by atoms with Gasteiger partial charge in [-0.2, -0.15) is 4.57 Å². The zero-order valence-electron chi connectivity index (χ0n) is 43.8. The Morgan fingerprint density at radius 1 is 0.581 bits per heavy atom. The number of para-hydroxylation sites is 2. The van der Waals surface area contributed by atoms with Gasteiger partial charge in [-0.25, -0.2) is 0 Å². The summed E-state index contributed by atoms with van der Waals surface area (Å²) in [7, 11) is 0. The van der Waals surface area contributed by atoms with Crippen LogP contribution in [0, 0.1) is 6.92 Å². The van der Waals surface area contributed by atoms with Crippen LogP contribution in [0.2, 0.25) is 0 Å². The van der Waals surface area contributed by atoms with Crippen LogP contribution >= 0.6 is 0 Å². The molecule has 1 atom stereocenters. The first-order valence-corrected chi connectivity index (χ1v) is 21.3. The maximum Gasteiger partial charge on any atom is 0.499 e. The second-order valence-corrected chi connectivity index (χ2v) is 18.9. The first-order chi connectivity index (χ1) is 33.2. The molecule has 1 spiro atoms. The Morgan fingerprint density at radius 2 is 1.27 bits per heavy atom. The van der Waals surface area contributed by atoms with E-state index in [1.54, 1.807) is 4.57 Å². The summed E-state index contributed by atoms with van der Waals surface area (Å²) in [6, 6.07) is 38.8. The zero-order chi connectivity index (χ0) is 49.2. The van der Waals surface area contributed by atoms with Crippen molar-refractivity contribution >= 4 is 11.0 Å². The van der Waals surface area contributed by atoms with Crippen molar-refractivity contribution < 1.29 is 24.8 Å². The summed E-state index contributed by atoms with van der Waals surface area (Å²) < 4.78 is 87.4. The van der Waals surface area contributed by atoms with Crippen molar-refractivity contribution in [1.82, 2.24) is 4.57 Å². The molecule has 5 heterocycles. The normalized spacial score (nSPS) is 17.3. The highest BCUT2D eigenvalue weighted by Crippen LogP contribution is 2.54. The van der Waals surface area contributed by atoms with Gasteiger partial charge in [-0.05, 0) is 111 Å². The van der Waals surface area contributed by atoms with Crippen molar-refractivity contribution in [2.24, 2.45) is 0 Å². The molecule has 0 saturated heterocycles. The molecule has 0 bridgehead atoms. The molecular formula is C58H49N3O+2. The molecule has 9 aromatic rings. The predicted octanol–water partition coefficient (Wildman–Crippen LogP) is 13.3. The van der Waals surface area contributed by atoms with E-state index < -0.39 is 47.5 Å². The number of hydrogen-bond acceptors (Lipinski definition) is 1. The van der Waals surface area contributed by atoms with Crippen LogP contribution in [-0.2, 0) is 16.7 Å². The maximum absolute atomic E-state index is 10.2. The van der Waals surface area contributed by atoms with Crippen LogP contribution in [-0.4, -0.2) is 4.57 Å². The van der Waals surface area contributed by atoms with E-state index in [0.29, 0.717) is 16.9 Å². The van der Waals surface area contributed by atoms with Crippen LogP contribution < -0.4 is 13.9 Å². The number of hydrogen-bond donors (Lipinski definition) is 0. The summed E-state index contributed by atoms with van der Waals surface area (Å²) in [6.45, 7) is 15.2. The minimum Gasteiger partial charge on any atom is -0.392 e. The zero-order valence-corrected chi connectivity index (χ0v) is 35.8. The van der Waals surface area contributed by atoms with E-state index in [1.165, 1.54) is 5.56 Å². The standard InChI is InChI=1S/C58H49N3O/c1-36-31-46(39-25-27-41(28-26-39)56(2,3)4)51(35-45(36)38-19-12-9-13-20-38)60-49-23-16-22-43-47-33-42(57(5,6)7)34-48-50-32-40(37-17-10-8-11-18-37)29-30-59(50)58(53(47)48)61(54(43)49)55(60)44-21-14-15-24-52(44)62-58/h8-35H,1-7H3/q+2/i8D,10D,11D,17D,18D,29D,30D,32D. The largest absolute Gasteiger partial charge is 0.499 e. The Morgan fingerprint density at radius 3 is 2.03 bits per heavy atom. The van der Waals surface area contributed by atoms with Gasteiger partial charge in [0, 0.05) is 28.8 Å². The molecule has 7 aromatic carbocycles. The Bertz CT molecular complexity index is 3780. The van der Waals surface area contributed by atoms with Crippen LogP contribution in [0.15, 0.2) is 170 Å². The molecule has 0 aliphatic carbocycles. The number of benzene rings is 7. The number of imidazole rings is 1. The summed E-state index contributed by atoms with van der Waals surface area (Å²) in [6.07, 6.45) is -0.341. The summed E-state index contributed by atoms with van der Waals surface area (Å²) in [5.41, 5.74) is 13.3. The molecule has 4 heteroatoms. The van der Waals surface area contributed by atoms with Gasteiger partial charge in [-0.1, -0.05) is 145 Å². The number of fused-ring (bicyclic) bond motifs is 5. The van der Waals surface area contributed by atoms with Gasteiger partial charge in [-0.3, -0.25) is 0 Å². The number of pyridine rings is 1. The Balaban J connectivity index is 1.28. The van der Waals surface area contributed by atoms with E-state index >= 15 is 0 Å². The molecule has 0 N–H and O–H groups in total. The fourth-order valence-electron chi connectivity index (χ4n) is 9.93. The van der Waals surface area contributed by atoms with Crippen molar-refractivity contribution in [1.29, 1.82) is 0 Å². The number of rotatable bonds is 4. The predicted molar refractivity (Wildman–Crippen MR) is 252 cm³/mol.